The Morgan fingerprint density at radius 1 is 0.919 bits per heavy atom. The quantitative estimate of drug-likeness (QED) is 0.186. The van der Waals surface area contributed by atoms with Crippen LogP contribution in [0.5, 0.6) is 0 Å². The molecule has 1 aliphatic carbocycles. The van der Waals surface area contributed by atoms with Crippen molar-refractivity contribution in [3.63, 3.8) is 0 Å². The van der Waals surface area contributed by atoms with Crippen LogP contribution < -0.4 is 21.4 Å². The van der Waals surface area contributed by atoms with Gasteiger partial charge in [-0.25, -0.2) is 5.48 Å². The topological polar surface area (TPSA) is 140 Å². The summed E-state index contributed by atoms with van der Waals surface area (Å²) in [4.78, 5) is 36.4. The second kappa shape index (κ2) is 11.8. The van der Waals surface area contributed by atoms with Gasteiger partial charge in [-0.15, -0.1) is 0 Å². The molecule has 1 aliphatic rings. The summed E-state index contributed by atoms with van der Waals surface area (Å²) in [6, 6.07) is 23.4. The fourth-order valence-electron chi connectivity index (χ4n) is 4.18. The molecule has 9 nitrogen and oxygen atoms in total. The van der Waals surface area contributed by atoms with E-state index in [-0.39, 0.29) is 12.5 Å². The maximum absolute atomic E-state index is 12.4. The summed E-state index contributed by atoms with van der Waals surface area (Å²) in [6.45, 7) is 1.58. The van der Waals surface area contributed by atoms with Crippen LogP contribution >= 0.6 is 0 Å². The highest BCUT2D eigenvalue weighted by Crippen LogP contribution is 2.40. The normalized spacial score (nSPS) is 17.8. The van der Waals surface area contributed by atoms with Crippen LogP contribution in [0.15, 0.2) is 78.9 Å². The highest BCUT2D eigenvalue weighted by Gasteiger charge is 2.37. The molecule has 0 spiro atoms. The molecule has 192 valence electrons. The predicted molar refractivity (Wildman–Crippen MR) is 139 cm³/mol. The zero-order valence-corrected chi connectivity index (χ0v) is 20.3. The summed E-state index contributed by atoms with van der Waals surface area (Å²) < 4.78 is 0. The summed E-state index contributed by atoms with van der Waals surface area (Å²) in [5, 5.41) is 27.1. The van der Waals surface area contributed by atoms with Crippen LogP contribution in [0.1, 0.15) is 35.2 Å². The van der Waals surface area contributed by atoms with Crippen LogP contribution in [0, 0.1) is 0 Å². The minimum atomic E-state index is -1.29. The Hall–Kier alpha value is -4.05. The lowest BCUT2D eigenvalue weighted by molar-refractivity contribution is -0.133. The number of aliphatic hydroxyl groups is 1. The number of hydroxylamine groups is 1. The number of carbonyl (C=O) groups is 3. The summed E-state index contributed by atoms with van der Waals surface area (Å²) in [6.07, 6.45) is -0.156. The van der Waals surface area contributed by atoms with Crippen molar-refractivity contribution in [3.05, 3.63) is 90.0 Å². The van der Waals surface area contributed by atoms with Gasteiger partial charge >= 0.3 is 0 Å². The molecule has 3 aromatic carbocycles. The van der Waals surface area contributed by atoms with E-state index >= 15 is 0 Å². The number of rotatable bonds is 10. The van der Waals surface area contributed by atoms with Crippen molar-refractivity contribution in [2.45, 2.75) is 37.5 Å². The van der Waals surface area contributed by atoms with Gasteiger partial charge in [-0.2, -0.15) is 0 Å². The minimum absolute atomic E-state index is 0.104. The molecule has 0 aliphatic heterocycles. The van der Waals surface area contributed by atoms with Crippen molar-refractivity contribution >= 4 is 23.4 Å². The molecule has 3 aromatic rings. The molecule has 6 N–H and O–H groups in total. The van der Waals surface area contributed by atoms with E-state index in [4.69, 9.17) is 5.21 Å². The monoisotopic (exact) mass is 502 g/mol. The number of hydrogen-bond donors (Lipinski definition) is 6. The van der Waals surface area contributed by atoms with Gasteiger partial charge in [0, 0.05) is 23.2 Å². The molecule has 0 unspecified atom stereocenters. The minimum Gasteiger partial charge on any atom is -0.391 e. The third-order valence-corrected chi connectivity index (χ3v) is 6.35. The Morgan fingerprint density at radius 2 is 1.54 bits per heavy atom. The number of carbonyl (C=O) groups excluding carboxylic acids is 3. The van der Waals surface area contributed by atoms with Crippen molar-refractivity contribution < 1.29 is 24.7 Å². The molecule has 9 heteroatoms. The van der Waals surface area contributed by atoms with Crippen LogP contribution in [0.2, 0.25) is 0 Å². The molecule has 0 radical (unpaired) electrons. The summed E-state index contributed by atoms with van der Waals surface area (Å²) in [5.41, 5.74) is 5.46. The van der Waals surface area contributed by atoms with E-state index in [0.29, 0.717) is 23.2 Å². The zero-order valence-electron chi connectivity index (χ0n) is 20.3. The van der Waals surface area contributed by atoms with Crippen LogP contribution in [-0.4, -0.2) is 52.8 Å². The Kier molecular flexibility index (Phi) is 8.29. The molecular weight excluding hydrogens is 472 g/mol. The van der Waals surface area contributed by atoms with Gasteiger partial charge in [0.25, 0.3) is 11.8 Å². The van der Waals surface area contributed by atoms with E-state index in [0.717, 1.165) is 17.5 Å². The number of benzene rings is 3. The number of anilines is 1. The zero-order chi connectivity index (χ0) is 26.4. The molecule has 1 saturated carbocycles. The van der Waals surface area contributed by atoms with E-state index in [1.807, 2.05) is 42.5 Å². The van der Waals surface area contributed by atoms with Gasteiger partial charge in [-0.1, -0.05) is 54.6 Å². The van der Waals surface area contributed by atoms with E-state index in [9.17, 15) is 19.5 Å². The fraction of sp³-hybridized carbons (Fsp3) is 0.250. The van der Waals surface area contributed by atoms with Crippen molar-refractivity contribution in [2.75, 3.05) is 11.9 Å². The van der Waals surface area contributed by atoms with Gasteiger partial charge in [0.1, 0.15) is 6.04 Å². The van der Waals surface area contributed by atoms with Crippen molar-refractivity contribution in [1.29, 1.82) is 0 Å². The number of aliphatic hydroxyl groups excluding tert-OH is 1. The third-order valence-electron chi connectivity index (χ3n) is 6.35. The molecule has 4 rings (SSSR count). The standard InChI is InChI=1S/C28H30N4O5/c1-17(33)26(28(36)32-37)31-27(35)21-9-7-18(8-10-21)19-11-13-22(14-12-19)30-25(34)16-29-24-15-23(24)20-5-3-2-4-6-20/h2-14,17,23-24,26,29,33,37H,15-16H2,1H3,(H,30,34)(H,31,35)(H,32,36)/t17-,23-,24-,26+/m1/s1. The first kappa shape index (κ1) is 26.0. The highest BCUT2D eigenvalue weighted by molar-refractivity contribution is 5.98. The maximum Gasteiger partial charge on any atom is 0.268 e. The Labute approximate surface area is 214 Å². The molecule has 37 heavy (non-hydrogen) atoms. The average Bonchev–Trinajstić information content (AvgIpc) is 3.71. The van der Waals surface area contributed by atoms with Gasteiger partial charge < -0.3 is 21.1 Å². The summed E-state index contributed by atoms with van der Waals surface area (Å²) in [7, 11) is 0. The maximum atomic E-state index is 12.4. The van der Waals surface area contributed by atoms with E-state index in [1.54, 1.807) is 24.3 Å². The van der Waals surface area contributed by atoms with Gasteiger partial charge in [0.2, 0.25) is 5.91 Å². The summed E-state index contributed by atoms with van der Waals surface area (Å²) in [5.74, 6) is -1.11. The molecule has 0 saturated heterocycles. The van der Waals surface area contributed by atoms with Gasteiger partial charge in [0.05, 0.1) is 12.6 Å². The molecule has 4 atom stereocenters. The third kappa shape index (κ3) is 6.79. The first-order valence-electron chi connectivity index (χ1n) is 12.1. The first-order valence-corrected chi connectivity index (χ1v) is 12.1. The van der Waals surface area contributed by atoms with Crippen molar-refractivity contribution in [2.24, 2.45) is 0 Å². The van der Waals surface area contributed by atoms with E-state index in [2.05, 4.69) is 28.1 Å². The molecule has 0 heterocycles. The molecule has 0 aromatic heterocycles. The Balaban J connectivity index is 1.27. The highest BCUT2D eigenvalue weighted by atomic mass is 16.5. The fourth-order valence-corrected chi connectivity index (χ4v) is 4.18. The summed E-state index contributed by atoms with van der Waals surface area (Å²) >= 11 is 0. The smallest absolute Gasteiger partial charge is 0.268 e. The van der Waals surface area contributed by atoms with E-state index < -0.39 is 24.0 Å². The second-order valence-corrected chi connectivity index (χ2v) is 9.11. The van der Waals surface area contributed by atoms with Gasteiger partial charge in [0.15, 0.2) is 0 Å². The number of hydrogen-bond acceptors (Lipinski definition) is 6. The predicted octanol–water partition coefficient (Wildman–Crippen LogP) is 2.42. The van der Waals surface area contributed by atoms with Crippen LogP contribution in [0.25, 0.3) is 11.1 Å². The first-order chi connectivity index (χ1) is 17.9. The number of nitrogens with one attached hydrogen (secondary N) is 4. The Bertz CT molecular complexity index is 1230. The van der Waals surface area contributed by atoms with Crippen LogP contribution in [-0.2, 0) is 9.59 Å². The lowest BCUT2D eigenvalue weighted by atomic mass is 10.0. The lowest BCUT2D eigenvalue weighted by Gasteiger charge is -2.19. The van der Waals surface area contributed by atoms with Crippen molar-refractivity contribution in [3.8, 4) is 11.1 Å². The van der Waals surface area contributed by atoms with Crippen LogP contribution in [0.4, 0.5) is 5.69 Å². The van der Waals surface area contributed by atoms with Gasteiger partial charge in [-0.3, -0.25) is 19.6 Å². The number of amides is 3. The molecule has 0 bridgehead atoms. The largest absolute Gasteiger partial charge is 0.391 e. The second-order valence-electron chi connectivity index (χ2n) is 9.11. The average molecular weight is 503 g/mol. The van der Waals surface area contributed by atoms with Crippen LogP contribution in [0.3, 0.4) is 0 Å². The SMILES string of the molecule is C[C@@H](O)[C@H](NC(=O)c1ccc(-c2ccc(NC(=O)CN[C@@H]3C[C@@H]3c3ccccc3)cc2)cc1)C(=O)NO. The molecular formula is C28H30N4O5. The van der Waals surface area contributed by atoms with E-state index in [1.165, 1.54) is 18.0 Å². The molecule has 3 amide bonds. The molecule has 1 fully saturated rings. The Morgan fingerprint density at radius 3 is 2.14 bits per heavy atom. The lowest BCUT2D eigenvalue weighted by Crippen LogP contribution is -2.51. The van der Waals surface area contributed by atoms with Crippen molar-refractivity contribution in [1.82, 2.24) is 16.1 Å². The van der Waals surface area contributed by atoms with Gasteiger partial charge in [-0.05, 0) is 54.3 Å².